The van der Waals surface area contributed by atoms with Gasteiger partial charge in [-0.3, -0.25) is 9.63 Å². The van der Waals surface area contributed by atoms with Crippen LogP contribution in [0.3, 0.4) is 0 Å². The Morgan fingerprint density at radius 3 is 2.34 bits per heavy atom. The molecule has 0 bridgehead atoms. The molecule has 254 valence electrons. The first kappa shape index (κ1) is 35.0. The zero-order valence-electron chi connectivity index (χ0n) is 26.0. The van der Waals surface area contributed by atoms with E-state index in [4.69, 9.17) is 14.3 Å². The van der Waals surface area contributed by atoms with Crippen LogP contribution in [0.2, 0.25) is 0 Å². The average molecular weight is 683 g/mol. The largest absolute Gasteiger partial charge is 0.569 e. The molecule has 4 rings (SSSR count). The fraction of sp³-hybridized carbons (Fsp3) is 0.414. The van der Waals surface area contributed by atoms with Crippen molar-refractivity contribution in [3.8, 4) is 16.9 Å². The van der Waals surface area contributed by atoms with Gasteiger partial charge in [0.15, 0.2) is 5.69 Å². The molecule has 1 amide bonds. The molecule has 2 aromatic carbocycles. The summed E-state index contributed by atoms with van der Waals surface area (Å²) >= 11 is 0. The summed E-state index contributed by atoms with van der Waals surface area (Å²) in [5, 5.41) is 20.4. The van der Waals surface area contributed by atoms with Crippen LogP contribution < -0.4 is 4.72 Å². The molecule has 47 heavy (non-hydrogen) atoms. The first-order valence-electron chi connectivity index (χ1n) is 14.2. The van der Waals surface area contributed by atoms with Gasteiger partial charge in [-0.25, -0.2) is 22.6 Å². The summed E-state index contributed by atoms with van der Waals surface area (Å²) in [6, 6.07) is 12.4. The van der Waals surface area contributed by atoms with Gasteiger partial charge in [0.25, 0.3) is 16.3 Å². The molecule has 1 saturated heterocycles. The Morgan fingerprint density at radius 1 is 1.11 bits per heavy atom. The maximum atomic E-state index is 13.5. The van der Waals surface area contributed by atoms with E-state index in [-0.39, 0.29) is 40.8 Å². The van der Waals surface area contributed by atoms with Crippen LogP contribution in [0.25, 0.3) is 16.9 Å². The first-order chi connectivity index (χ1) is 21.8. The summed E-state index contributed by atoms with van der Waals surface area (Å²) in [4.78, 5) is 29.0. The fourth-order valence-corrected chi connectivity index (χ4v) is 5.11. The number of carbonyl (C=O) groups excluding carboxylic acids is 2. The second-order valence-corrected chi connectivity index (χ2v) is 13.4. The van der Waals surface area contributed by atoms with Crippen LogP contribution in [0.5, 0.6) is 0 Å². The Hall–Kier alpha value is -4.87. The number of sulfonamides is 1. The van der Waals surface area contributed by atoms with Crippen LogP contribution in [-0.4, -0.2) is 65.7 Å². The van der Waals surface area contributed by atoms with Gasteiger partial charge in [0, 0.05) is 18.9 Å². The van der Waals surface area contributed by atoms with Crippen molar-refractivity contribution in [1.82, 2.24) is 19.5 Å². The molecule has 2 heterocycles. The van der Waals surface area contributed by atoms with E-state index < -0.39 is 51.8 Å². The van der Waals surface area contributed by atoms with Crippen LogP contribution >= 0.6 is 0 Å². The van der Waals surface area contributed by atoms with Crippen LogP contribution in [0.15, 0.2) is 64.8 Å². The van der Waals surface area contributed by atoms with E-state index in [1.807, 2.05) is 6.92 Å². The van der Waals surface area contributed by atoms with Gasteiger partial charge in [-0.1, -0.05) is 29.8 Å². The quantitative estimate of drug-likeness (QED) is 0.105. The standard InChI is InChI=1S/C29H33F3N6O8S/c1-18-6-8-20(9-7-18)24-16-25(29(30,31)32)33-37(24)21-10-12-23(13-11-21)47(42,43)34-27(40)45-22-14-15-36(17-22)38(41)35-46-19(2)44-26(39)28(3,4)5/h6-13,16,19,22H,14-15,17H2,1-5H3,(H,34,40)/b38-35-. The van der Waals surface area contributed by atoms with E-state index in [1.165, 1.54) is 19.1 Å². The molecule has 0 radical (unpaired) electrons. The number of nitrogens with zero attached hydrogens (tertiary/aromatic N) is 5. The Labute approximate surface area is 268 Å². The van der Waals surface area contributed by atoms with E-state index in [2.05, 4.69) is 10.4 Å². The van der Waals surface area contributed by atoms with Crippen molar-refractivity contribution in [3.63, 3.8) is 0 Å². The number of halogens is 3. The molecule has 0 saturated carbocycles. The van der Waals surface area contributed by atoms with Gasteiger partial charge in [0.05, 0.1) is 33.2 Å². The number of aryl methyl sites for hydroxylation is 1. The van der Waals surface area contributed by atoms with E-state index in [9.17, 15) is 36.4 Å². The zero-order chi connectivity index (χ0) is 34.7. The van der Waals surface area contributed by atoms with Crippen molar-refractivity contribution in [2.45, 2.75) is 64.5 Å². The number of ether oxygens (including phenoxy) is 2. The molecule has 1 aromatic heterocycles. The number of carbonyl (C=O) groups is 2. The van der Waals surface area contributed by atoms with E-state index in [1.54, 1.807) is 49.8 Å². The number of nitrogens with one attached hydrogen (secondary N) is 1. The summed E-state index contributed by atoms with van der Waals surface area (Å²) in [6.45, 7) is 8.09. The highest BCUT2D eigenvalue weighted by Crippen LogP contribution is 2.33. The highest BCUT2D eigenvalue weighted by molar-refractivity contribution is 7.90. The highest BCUT2D eigenvalue weighted by Gasteiger charge is 2.36. The van der Waals surface area contributed by atoms with Crippen molar-refractivity contribution in [1.29, 1.82) is 0 Å². The number of amides is 1. The minimum Gasteiger partial charge on any atom is -0.569 e. The van der Waals surface area contributed by atoms with Crippen molar-refractivity contribution in [3.05, 3.63) is 71.1 Å². The van der Waals surface area contributed by atoms with Crippen molar-refractivity contribution < 1.29 is 50.5 Å². The molecule has 3 aromatic rings. The molecule has 2 unspecified atom stereocenters. The van der Waals surface area contributed by atoms with Gasteiger partial charge in [0.2, 0.25) is 5.28 Å². The van der Waals surface area contributed by atoms with Crippen molar-refractivity contribution in [2.24, 2.45) is 10.7 Å². The summed E-state index contributed by atoms with van der Waals surface area (Å²) in [6.07, 6.45) is -7.89. The van der Waals surface area contributed by atoms with E-state index in [0.717, 1.165) is 33.5 Å². The molecule has 14 nitrogen and oxygen atoms in total. The van der Waals surface area contributed by atoms with Gasteiger partial charge < -0.3 is 14.7 Å². The number of aromatic nitrogens is 2. The predicted octanol–water partition coefficient (Wildman–Crippen LogP) is 5.10. The fourth-order valence-electron chi connectivity index (χ4n) is 4.23. The lowest BCUT2D eigenvalue weighted by Gasteiger charge is -2.19. The smallest absolute Gasteiger partial charge is 0.435 e. The highest BCUT2D eigenvalue weighted by atomic mass is 32.2. The maximum absolute atomic E-state index is 13.5. The molecule has 1 fully saturated rings. The maximum Gasteiger partial charge on any atom is 0.435 e. The predicted molar refractivity (Wildman–Crippen MR) is 158 cm³/mol. The number of alkyl halides is 3. The molecule has 0 spiro atoms. The normalized spacial score (nSPS) is 16.5. The lowest BCUT2D eigenvalue weighted by molar-refractivity contribution is -0.709. The molecule has 2 atom stereocenters. The monoisotopic (exact) mass is 682 g/mol. The summed E-state index contributed by atoms with van der Waals surface area (Å²) < 4.78 is 79.3. The number of hydrogen-bond acceptors (Lipinski definition) is 10. The van der Waals surface area contributed by atoms with E-state index in [0.29, 0.717) is 5.56 Å². The molecule has 0 aliphatic carbocycles. The summed E-state index contributed by atoms with van der Waals surface area (Å²) in [7, 11) is -4.45. The number of hydrazine groups is 1. The molecular weight excluding hydrogens is 649 g/mol. The molecule has 1 aliphatic heterocycles. The number of benzene rings is 2. The van der Waals surface area contributed by atoms with Crippen molar-refractivity contribution >= 4 is 22.1 Å². The Kier molecular flexibility index (Phi) is 10.0. The molecule has 1 aliphatic rings. The molecular formula is C29H33F3N6O8S. The minimum absolute atomic E-state index is 0.0900. The Balaban J connectivity index is 1.37. The minimum atomic E-state index is -4.72. The number of hydrogen-bond donors (Lipinski definition) is 1. The Morgan fingerprint density at radius 2 is 1.74 bits per heavy atom. The number of rotatable bonds is 9. The van der Waals surface area contributed by atoms with Gasteiger partial charge in [-0.2, -0.15) is 18.3 Å². The Bertz CT molecular complexity index is 1740. The summed E-state index contributed by atoms with van der Waals surface area (Å²) in [5.41, 5.74) is -0.277. The van der Waals surface area contributed by atoms with Crippen LogP contribution in [-0.2, 0) is 35.3 Å². The third kappa shape index (κ3) is 8.90. The third-order valence-corrected chi connectivity index (χ3v) is 8.07. The van der Waals surface area contributed by atoms with Gasteiger partial charge >= 0.3 is 18.2 Å². The van der Waals surface area contributed by atoms with E-state index >= 15 is 0 Å². The van der Waals surface area contributed by atoms with Crippen LogP contribution in [0.4, 0.5) is 18.0 Å². The van der Waals surface area contributed by atoms with Gasteiger partial charge in [-0.15, -0.1) is 5.01 Å². The second-order valence-electron chi connectivity index (χ2n) is 11.7. The van der Waals surface area contributed by atoms with Crippen LogP contribution in [0.1, 0.15) is 45.4 Å². The summed E-state index contributed by atoms with van der Waals surface area (Å²) in [5.74, 6) is -0.561. The first-order valence-corrected chi connectivity index (χ1v) is 15.7. The lowest BCUT2D eigenvalue weighted by atomic mass is 9.97. The second kappa shape index (κ2) is 13.5. The topological polar surface area (TPSA) is 167 Å². The lowest BCUT2D eigenvalue weighted by Crippen LogP contribution is -2.36. The van der Waals surface area contributed by atoms with Crippen molar-refractivity contribution in [2.75, 3.05) is 13.1 Å². The number of esters is 1. The molecule has 1 N–H and O–H groups in total. The van der Waals surface area contributed by atoms with Crippen LogP contribution in [0, 0.1) is 17.5 Å². The molecule has 18 heteroatoms. The zero-order valence-corrected chi connectivity index (χ0v) is 26.8. The van der Waals surface area contributed by atoms with Gasteiger partial charge in [0.1, 0.15) is 12.6 Å². The van der Waals surface area contributed by atoms with Gasteiger partial charge in [-0.05, 0) is 58.0 Å². The average Bonchev–Trinajstić information content (AvgIpc) is 3.64. The third-order valence-electron chi connectivity index (χ3n) is 6.75. The SMILES string of the molecule is Cc1ccc(-c2cc(C(F)(F)F)nn2-c2ccc(S(=O)(=O)NC(=O)OC3CCN(/[N+]([O-])=N/OC(C)OC(=O)C(C)(C)C)C3)cc2)cc1.